The lowest BCUT2D eigenvalue weighted by Gasteiger charge is -2.06. The van der Waals surface area contributed by atoms with Gasteiger partial charge in [0, 0.05) is 4.88 Å². The number of carbonyl (C=O) groups is 2. The number of thiophene rings is 1. The Hall–Kier alpha value is -2.91. The van der Waals surface area contributed by atoms with Crippen LogP contribution in [0.1, 0.15) is 58.1 Å². The highest BCUT2D eigenvalue weighted by Gasteiger charge is 2.26. The van der Waals surface area contributed by atoms with Gasteiger partial charge in [-0.3, -0.25) is 9.59 Å². The van der Waals surface area contributed by atoms with Gasteiger partial charge in [0.25, 0.3) is 11.8 Å². The Morgan fingerprint density at radius 3 is 2.56 bits per heavy atom. The SMILES string of the molecule is CC(C)c1ccc(/C=C(/C#N)C(=O)Nc2sc3c(c2C(N)=O)CCC3)cc1. The predicted octanol–water partition coefficient (Wildman–Crippen LogP) is 4.00. The molecule has 3 rings (SSSR count). The summed E-state index contributed by atoms with van der Waals surface area (Å²) in [4.78, 5) is 25.5. The smallest absolute Gasteiger partial charge is 0.266 e. The van der Waals surface area contributed by atoms with Gasteiger partial charge in [0.15, 0.2) is 0 Å². The van der Waals surface area contributed by atoms with Gasteiger partial charge >= 0.3 is 0 Å². The number of anilines is 1. The van der Waals surface area contributed by atoms with Crippen LogP contribution < -0.4 is 11.1 Å². The molecule has 0 bridgehead atoms. The lowest BCUT2D eigenvalue weighted by atomic mass is 10.0. The van der Waals surface area contributed by atoms with Gasteiger partial charge in [-0.15, -0.1) is 11.3 Å². The van der Waals surface area contributed by atoms with E-state index >= 15 is 0 Å². The quantitative estimate of drug-likeness (QED) is 0.607. The average molecular weight is 379 g/mol. The molecule has 2 aromatic rings. The minimum absolute atomic E-state index is 0.0173. The highest BCUT2D eigenvalue weighted by Crippen LogP contribution is 2.39. The summed E-state index contributed by atoms with van der Waals surface area (Å²) in [6.07, 6.45) is 4.22. The van der Waals surface area contributed by atoms with Crippen molar-refractivity contribution in [3.63, 3.8) is 0 Å². The molecule has 0 atom stereocenters. The number of primary amides is 1. The number of carbonyl (C=O) groups excluding carboxylic acids is 2. The van der Waals surface area contributed by atoms with Gasteiger partial charge in [-0.1, -0.05) is 38.1 Å². The highest BCUT2D eigenvalue weighted by molar-refractivity contribution is 7.17. The summed E-state index contributed by atoms with van der Waals surface area (Å²) >= 11 is 1.38. The topological polar surface area (TPSA) is 96.0 Å². The summed E-state index contributed by atoms with van der Waals surface area (Å²) in [7, 11) is 0. The van der Waals surface area contributed by atoms with Gasteiger partial charge in [-0.05, 0) is 47.9 Å². The molecule has 0 saturated heterocycles. The second kappa shape index (κ2) is 7.77. The Morgan fingerprint density at radius 2 is 1.96 bits per heavy atom. The van der Waals surface area contributed by atoms with E-state index in [2.05, 4.69) is 19.2 Å². The maximum atomic E-state index is 12.6. The van der Waals surface area contributed by atoms with E-state index in [1.165, 1.54) is 16.9 Å². The first-order chi connectivity index (χ1) is 12.9. The predicted molar refractivity (Wildman–Crippen MR) is 108 cm³/mol. The second-order valence-corrected chi connectivity index (χ2v) is 7.98. The molecule has 6 heteroatoms. The minimum Gasteiger partial charge on any atom is -0.365 e. The van der Waals surface area contributed by atoms with Crippen LogP contribution in [0.15, 0.2) is 29.8 Å². The normalized spacial score (nSPS) is 13.3. The van der Waals surface area contributed by atoms with Crippen molar-refractivity contribution in [3.05, 3.63) is 57.0 Å². The van der Waals surface area contributed by atoms with Crippen molar-refractivity contribution in [2.24, 2.45) is 5.73 Å². The molecule has 0 unspecified atom stereocenters. The molecule has 0 spiro atoms. The van der Waals surface area contributed by atoms with Crippen LogP contribution in [0.4, 0.5) is 5.00 Å². The Kier molecular flexibility index (Phi) is 5.43. The van der Waals surface area contributed by atoms with Crippen LogP contribution in [0.2, 0.25) is 0 Å². The zero-order valence-electron chi connectivity index (χ0n) is 15.3. The Balaban J connectivity index is 1.84. The monoisotopic (exact) mass is 379 g/mol. The maximum Gasteiger partial charge on any atom is 0.266 e. The Labute approximate surface area is 162 Å². The van der Waals surface area contributed by atoms with Crippen LogP contribution in [-0.4, -0.2) is 11.8 Å². The summed E-state index contributed by atoms with van der Waals surface area (Å²) in [6.45, 7) is 4.21. The molecule has 1 aromatic carbocycles. The fourth-order valence-electron chi connectivity index (χ4n) is 3.22. The summed E-state index contributed by atoms with van der Waals surface area (Å²) in [5, 5.41) is 12.6. The van der Waals surface area contributed by atoms with Crippen molar-refractivity contribution >= 4 is 34.2 Å². The number of hydrogen-bond donors (Lipinski definition) is 2. The number of hydrogen-bond acceptors (Lipinski definition) is 4. The van der Waals surface area contributed by atoms with E-state index in [1.807, 2.05) is 30.3 Å². The van der Waals surface area contributed by atoms with Crippen LogP contribution in [0.5, 0.6) is 0 Å². The number of nitriles is 1. The largest absolute Gasteiger partial charge is 0.365 e. The molecule has 1 aromatic heterocycles. The van der Waals surface area contributed by atoms with E-state index in [-0.39, 0.29) is 5.57 Å². The number of amides is 2. The molecule has 2 amide bonds. The standard InChI is InChI=1S/C21H21N3O2S/c1-12(2)14-8-6-13(7-9-14)10-15(11-22)20(26)24-21-18(19(23)25)16-4-3-5-17(16)27-21/h6-10,12H,3-5H2,1-2H3,(H2,23,25)(H,24,26)/b15-10-. The molecular formula is C21H21N3O2S. The molecule has 27 heavy (non-hydrogen) atoms. The molecule has 1 heterocycles. The first-order valence-electron chi connectivity index (χ1n) is 8.88. The number of nitrogens with zero attached hydrogens (tertiary/aromatic N) is 1. The van der Waals surface area contributed by atoms with Gasteiger partial charge in [0.05, 0.1) is 5.56 Å². The highest BCUT2D eigenvalue weighted by atomic mass is 32.1. The fraction of sp³-hybridized carbons (Fsp3) is 0.286. The van der Waals surface area contributed by atoms with E-state index in [9.17, 15) is 14.9 Å². The van der Waals surface area contributed by atoms with Crippen molar-refractivity contribution in [2.45, 2.75) is 39.0 Å². The van der Waals surface area contributed by atoms with E-state index in [0.29, 0.717) is 16.5 Å². The first kappa shape index (κ1) is 18.9. The fourth-order valence-corrected chi connectivity index (χ4v) is 4.51. The van der Waals surface area contributed by atoms with Crippen LogP contribution in [0, 0.1) is 11.3 Å². The van der Waals surface area contributed by atoms with E-state index in [0.717, 1.165) is 35.3 Å². The van der Waals surface area contributed by atoms with Gasteiger partial charge in [-0.25, -0.2) is 0 Å². The van der Waals surface area contributed by atoms with Gasteiger partial charge in [0.1, 0.15) is 16.6 Å². The molecule has 5 nitrogen and oxygen atoms in total. The number of nitrogens with two attached hydrogens (primary N) is 1. The minimum atomic E-state index is -0.545. The van der Waals surface area contributed by atoms with E-state index in [4.69, 9.17) is 5.73 Å². The molecule has 1 aliphatic rings. The molecule has 0 aliphatic heterocycles. The molecule has 0 saturated carbocycles. The van der Waals surface area contributed by atoms with E-state index < -0.39 is 11.8 Å². The van der Waals surface area contributed by atoms with Crippen LogP contribution in [-0.2, 0) is 17.6 Å². The van der Waals surface area contributed by atoms with Gasteiger partial charge < -0.3 is 11.1 Å². The van der Waals surface area contributed by atoms with Crippen LogP contribution >= 0.6 is 11.3 Å². The Morgan fingerprint density at radius 1 is 1.26 bits per heavy atom. The molecule has 3 N–H and O–H groups in total. The van der Waals surface area contributed by atoms with Gasteiger partial charge in [0.2, 0.25) is 0 Å². The van der Waals surface area contributed by atoms with Crippen molar-refractivity contribution in [1.82, 2.24) is 0 Å². The molecule has 138 valence electrons. The van der Waals surface area contributed by atoms with Crippen molar-refractivity contribution in [3.8, 4) is 6.07 Å². The molecule has 0 fully saturated rings. The third kappa shape index (κ3) is 3.93. The lowest BCUT2D eigenvalue weighted by Crippen LogP contribution is -2.18. The summed E-state index contributed by atoms with van der Waals surface area (Å²) < 4.78 is 0. The first-order valence-corrected chi connectivity index (χ1v) is 9.69. The number of nitrogens with one attached hydrogen (secondary N) is 1. The molecular weight excluding hydrogens is 358 g/mol. The molecule has 0 radical (unpaired) electrons. The zero-order valence-corrected chi connectivity index (χ0v) is 16.2. The number of rotatable bonds is 5. The lowest BCUT2D eigenvalue weighted by molar-refractivity contribution is -0.112. The summed E-state index contributed by atoms with van der Waals surface area (Å²) in [5.74, 6) is -0.668. The number of fused-ring (bicyclic) bond motifs is 1. The van der Waals surface area contributed by atoms with Crippen molar-refractivity contribution in [2.75, 3.05) is 5.32 Å². The summed E-state index contributed by atoms with van der Waals surface area (Å²) in [6, 6.07) is 9.68. The van der Waals surface area contributed by atoms with E-state index in [1.54, 1.807) is 6.08 Å². The van der Waals surface area contributed by atoms with Crippen LogP contribution in [0.25, 0.3) is 6.08 Å². The Bertz CT molecular complexity index is 963. The third-order valence-electron chi connectivity index (χ3n) is 4.67. The maximum absolute atomic E-state index is 12.6. The zero-order chi connectivity index (χ0) is 19.6. The number of benzene rings is 1. The third-order valence-corrected chi connectivity index (χ3v) is 5.88. The van der Waals surface area contributed by atoms with Gasteiger partial charge in [-0.2, -0.15) is 5.26 Å². The second-order valence-electron chi connectivity index (χ2n) is 6.87. The average Bonchev–Trinajstić information content (AvgIpc) is 3.20. The van der Waals surface area contributed by atoms with Crippen LogP contribution in [0.3, 0.4) is 0 Å². The molecule has 1 aliphatic carbocycles. The van der Waals surface area contributed by atoms with Crippen molar-refractivity contribution in [1.29, 1.82) is 5.26 Å². The number of aryl methyl sites for hydroxylation is 1. The summed E-state index contributed by atoms with van der Waals surface area (Å²) in [5.41, 5.74) is 8.79. The van der Waals surface area contributed by atoms with Crippen molar-refractivity contribution < 1.29 is 9.59 Å².